The number of amides is 1. The van der Waals surface area contributed by atoms with Crippen molar-refractivity contribution in [2.45, 2.75) is 6.04 Å². The normalized spacial score (nSPS) is 16.5. The summed E-state index contributed by atoms with van der Waals surface area (Å²) in [6.07, 6.45) is 0. The molecule has 3 aromatic rings. The van der Waals surface area contributed by atoms with Crippen molar-refractivity contribution in [3.63, 3.8) is 0 Å². The number of nitrogens with zero attached hydrogens (tertiary/aromatic N) is 3. The van der Waals surface area contributed by atoms with E-state index in [0.29, 0.717) is 5.13 Å². The minimum atomic E-state index is -0.358. The van der Waals surface area contributed by atoms with Crippen molar-refractivity contribution in [3.8, 4) is 11.3 Å². The molecule has 1 aliphatic rings. The van der Waals surface area contributed by atoms with Gasteiger partial charge in [-0.15, -0.1) is 11.3 Å². The van der Waals surface area contributed by atoms with Gasteiger partial charge in [0.2, 0.25) is 5.91 Å². The number of hydrogen-bond acceptors (Lipinski definition) is 5. The molecule has 0 aliphatic carbocycles. The number of anilines is 1. The molecule has 1 unspecified atom stereocenters. The molecule has 1 aromatic heterocycles. The van der Waals surface area contributed by atoms with Crippen LogP contribution in [0, 0.1) is 5.82 Å². The Morgan fingerprint density at radius 2 is 1.76 bits per heavy atom. The monoisotopic (exact) mass is 410 g/mol. The molecular weight excluding hydrogens is 387 g/mol. The lowest BCUT2D eigenvalue weighted by Gasteiger charge is -2.37. The number of benzene rings is 2. The Hall–Kier alpha value is -2.61. The first-order chi connectivity index (χ1) is 14.1. The van der Waals surface area contributed by atoms with Crippen molar-refractivity contribution in [2.75, 3.05) is 38.5 Å². The topological polar surface area (TPSA) is 48.5 Å². The van der Waals surface area contributed by atoms with E-state index in [1.165, 1.54) is 23.5 Å². The highest BCUT2D eigenvalue weighted by atomic mass is 32.1. The van der Waals surface area contributed by atoms with Crippen LogP contribution in [0.1, 0.15) is 11.6 Å². The van der Waals surface area contributed by atoms with E-state index in [4.69, 9.17) is 0 Å². The fraction of sp³-hybridized carbons (Fsp3) is 0.273. The second-order valence-corrected chi connectivity index (χ2v) is 8.04. The minimum absolute atomic E-state index is 0.0826. The number of rotatable bonds is 5. The third-order valence-electron chi connectivity index (χ3n) is 5.14. The standard InChI is InChI=1S/C22H23FN4OS/c1-26-11-13-27(14-12-26)20(17-5-3-2-4-6-17)21(28)25-22-24-19(15-29-22)16-7-9-18(23)10-8-16/h2-10,15,20H,11-14H2,1H3,(H,24,25,28). The van der Waals surface area contributed by atoms with Gasteiger partial charge < -0.3 is 10.2 Å². The lowest BCUT2D eigenvalue weighted by Crippen LogP contribution is -2.48. The summed E-state index contributed by atoms with van der Waals surface area (Å²) in [5.74, 6) is -0.365. The molecule has 0 bridgehead atoms. The summed E-state index contributed by atoms with van der Waals surface area (Å²) < 4.78 is 13.1. The molecule has 1 fully saturated rings. The van der Waals surface area contributed by atoms with Crippen molar-refractivity contribution in [1.82, 2.24) is 14.8 Å². The summed E-state index contributed by atoms with van der Waals surface area (Å²) >= 11 is 1.37. The molecule has 29 heavy (non-hydrogen) atoms. The Balaban J connectivity index is 1.53. The van der Waals surface area contributed by atoms with Gasteiger partial charge >= 0.3 is 0 Å². The molecule has 4 rings (SSSR count). The summed E-state index contributed by atoms with van der Waals surface area (Å²) in [5, 5.41) is 5.41. The minimum Gasteiger partial charge on any atom is -0.304 e. The number of hydrogen-bond donors (Lipinski definition) is 1. The Labute approximate surface area is 173 Å². The Kier molecular flexibility index (Phi) is 5.99. The fourth-order valence-electron chi connectivity index (χ4n) is 3.50. The maximum absolute atomic E-state index is 13.2. The van der Waals surface area contributed by atoms with Gasteiger partial charge in [-0.2, -0.15) is 0 Å². The van der Waals surface area contributed by atoms with E-state index in [2.05, 4.69) is 27.1 Å². The summed E-state index contributed by atoms with van der Waals surface area (Å²) in [5.41, 5.74) is 2.52. The lowest BCUT2D eigenvalue weighted by atomic mass is 10.0. The van der Waals surface area contributed by atoms with Gasteiger partial charge in [0.1, 0.15) is 11.9 Å². The number of halogens is 1. The quantitative estimate of drug-likeness (QED) is 0.694. The number of likely N-dealkylation sites (N-methyl/N-ethyl adjacent to an activating group) is 1. The van der Waals surface area contributed by atoms with Crippen LogP contribution in [-0.2, 0) is 4.79 Å². The van der Waals surface area contributed by atoms with Gasteiger partial charge in [0, 0.05) is 37.1 Å². The zero-order valence-corrected chi connectivity index (χ0v) is 17.0. The van der Waals surface area contributed by atoms with Crippen LogP contribution in [0.15, 0.2) is 60.0 Å². The average Bonchev–Trinajstić information content (AvgIpc) is 3.19. The summed E-state index contributed by atoms with van der Waals surface area (Å²) in [6.45, 7) is 3.54. The number of aromatic nitrogens is 1. The lowest BCUT2D eigenvalue weighted by molar-refractivity contribution is -0.122. The van der Waals surface area contributed by atoms with Gasteiger partial charge in [-0.1, -0.05) is 30.3 Å². The van der Waals surface area contributed by atoms with E-state index in [1.807, 2.05) is 35.7 Å². The first-order valence-electron chi connectivity index (χ1n) is 9.60. The van der Waals surface area contributed by atoms with Crippen molar-refractivity contribution in [2.24, 2.45) is 0 Å². The fourth-order valence-corrected chi connectivity index (χ4v) is 4.22. The SMILES string of the molecule is CN1CCN(C(C(=O)Nc2nc(-c3ccc(F)cc3)cs2)c2ccccc2)CC1. The summed E-state index contributed by atoms with van der Waals surface area (Å²) in [6, 6.07) is 15.7. The second kappa shape index (κ2) is 8.82. The third-order valence-corrected chi connectivity index (χ3v) is 5.90. The van der Waals surface area contributed by atoms with E-state index in [0.717, 1.165) is 43.0 Å². The van der Waals surface area contributed by atoms with Crippen LogP contribution in [0.25, 0.3) is 11.3 Å². The molecule has 0 radical (unpaired) electrons. The predicted molar refractivity (Wildman–Crippen MR) is 114 cm³/mol. The molecule has 1 aliphatic heterocycles. The Morgan fingerprint density at radius 3 is 2.45 bits per heavy atom. The Morgan fingerprint density at radius 1 is 1.07 bits per heavy atom. The van der Waals surface area contributed by atoms with Crippen LogP contribution >= 0.6 is 11.3 Å². The molecule has 7 heteroatoms. The average molecular weight is 411 g/mol. The highest BCUT2D eigenvalue weighted by Crippen LogP contribution is 2.28. The van der Waals surface area contributed by atoms with Gasteiger partial charge in [0.05, 0.1) is 5.69 Å². The van der Waals surface area contributed by atoms with Gasteiger partial charge in [-0.3, -0.25) is 9.69 Å². The second-order valence-electron chi connectivity index (χ2n) is 7.19. The van der Waals surface area contributed by atoms with Gasteiger partial charge in [0.25, 0.3) is 0 Å². The van der Waals surface area contributed by atoms with Crippen LogP contribution in [0.2, 0.25) is 0 Å². The molecular formula is C22H23FN4OS. The largest absolute Gasteiger partial charge is 0.304 e. The van der Waals surface area contributed by atoms with Gasteiger partial charge in [-0.25, -0.2) is 9.37 Å². The maximum atomic E-state index is 13.2. The molecule has 5 nitrogen and oxygen atoms in total. The number of nitrogens with one attached hydrogen (secondary N) is 1. The van der Waals surface area contributed by atoms with E-state index >= 15 is 0 Å². The van der Waals surface area contributed by atoms with Crippen molar-refractivity contribution in [1.29, 1.82) is 0 Å². The molecule has 0 spiro atoms. The first kappa shape index (κ1) is 19.7. The number of carbonyl (C=O) groups excluding carboxylic acids is 1. The van der Waals surface area contributed by atoms with Gasteiger partial charge in [0.15, 0.2) is 5.13 Å². The van der Waals surface area contributed by atoms with E-state index in [1.54, 1.807) is 12.1 Å². The van der Waals surface area contributed by atoms with Gasteiger partial charge in [-0.05, 0) is 36.9 Å². The molecule has 1 saturated heterocycles. The highest BCUT2D eigenvalue weighted by molar-refractivity contribution is 7.14. The molecule has 0 saturated carbocycles. The molecule has 1 amide bonds. The number of carbonyl (C=O) groups is 1. The molecule has 2 aromatic carbocycles. The van der Waals surface area contributed by atoms with Crippen LogP contribution in [0.3, 0.4) is 0 Å². The smallest absolute Gasteiger partial charge is 0.248 e. The molecule has 1 N–H and O–H groups in total. The molecule has 150 valence electrons. The zero-order chi connectivity index (χ0) is 20.2. The summed E-state index contributed by atoms with van der Waals surface area (Å²) in [4.78, 5) is 22.2. The first-order valence-corrected chi connectivity index (χ1v) is 10.5. The number of piperazine rings is 1. The van der Waals surface area contributed by atoms with Crippen molar-refractivity contribution in [3.05, 3.63) is 71.4 Å². The van der Waals surface area contributed by atoms with Crippen molar-refractivity contribution < 1.29 is 9.18 Å². The zero-order valence-electron chi connectivity index (χ0n) is 16.2. The van der Waals surface area contributed by atoms with E-state index in [9.17, 15) is 9.18 Å². The van der Waals surface area contributed by atoms with Crippen LogP contribution in [-0.4, -0.2) is 53.9 Å². The van der Waals surface area contributed by atoms with E-state index < -0.39 is 0 Å². The van der Waals surface area contributed by atoms with E-state index in [-0.39, 0.29) is 17.8 Å². The molecule has 1 atom stereocenters. The third kappa shape index (κ3) is 4.70. The predicted octanol–water partition coefficient (Wildman–Crippen LogP) is 3.88. The van der Waals surface area contributed by atoms with Crippen LogP contribution < -0.4 is 5.32 Å². The van der Waals surface area contributed by atoms with Crippen LogP contribution in [0.4, 0.5) is 9.52 Å². The number of thiazole rings is 1. The highest BCUT2D eigenvalue weighted by Gasteiger charge is 2.30. The maximum Gasteiger partial charge on any atom is 0.248 e. The summed E-state index contributed by atoms with van der Waals surface area (Å²) in [7, 11) is 2.10. The Bertz CT molecular complexity index is 952. The van der Waals surface area contributed by atoms with Crippen molar-refractivity contribution >= 4 is 22.4 Å². The molecule has 2 heterocycles. The van der Waals surface area contributed by atoms with Crippen LogP contribution in [0.5, 0.6) is 0 Å².